The SMILES string of the molecule is C=CCNC(=O)C(C)NCCCOCC. The Hall–Kier alpha value is -0.870. The van der Waals surface area contributed by atoms with Gasteiger partial charge in [-0.3, -0.25) is 4.79 Å². The zero-order chi connectivity index (χ0) is 11.5. The van der Waals surface area contributed by atoms with Crippen LogP contribution in [0.2, 0.25) is 0 Å². The molecule has 1 unspecified atom stereocenters. The fourth-order valence-electron chi connectivity index (χ4n) is 1.06. The molecule has 0 spiro atoms. The highest BCUT2D eigenvalue weighted by Gasteiger charge is 2.09. The molecule has 0 aromatic heterocycles. The molecule has 0 fully saturated rings. The standard InChI is InChI=1S/C11H22N2O2/c1-4-7-13-11(14)10(3)12-8-6-9-15-5-2/h4,10,12H,1,5-9H2,2-3H3,(H,13,14). The second-order valence-electron chi connectivity index (χ2n) is 3.26. The molecular weight excluding hydrogens is 192 g/mol. The third-order valence-corrected chi connectivity index (χ3v) is 1.93. The maximum Gasteiger partial charge on any atom is 0.237 e. The van der Waals surface area contributed by atoms with E-state index in [1.54, 1.807) is 6.08 Å². The summed E-state index contributed by atoms with van der Waals surface area (Å²) in [6.07, 6.45) is 2.59. The third-order valence-electron chi connectivity index (χ3n) is 1.93. The maximum absolute atomic E-state index is 11.4. The summed E-state index contributed by atoms with van der Waals surface area (Å²) < 4.78 is 5.19. The van der Waals surface area contributed by atoms with E-state index in [1.165, 1.54) is 0 Å². The summed E-state index contributed by atoms with van der Waals surface area (Å²) in [5.41, 5.74) is 0. The average molecular weight is 214 g/mol. The van der Waals surface area contributed by atoms with Crippen LogP contribution in [0, 0.1) is 0 Å². The molecule has 0 aromatic carbocycles. The number of carbonyl (C=O) groups excluding carboxylic acids is 1. The zero-order valence-electron chi connectivity index (χ0n) is 9.71. The fraction of sp³-hybridized carbons (Fsp3) is 0.727. The van der Waals surface area contributed by atoms with Gasteiger partial charge in [-0.1, -0.05) is 6.08 Å². The monoisotopic (exact) mass is 214 g/mol. The molecule has 0 aliphatic carbocycles. The van der Waals surface area contributed by atoms with Crippen molar-refractivity contribution < 1.29 is 9.53 Å². The van der Waals surface area contributed by atoms with Crippen molar-refractivity contribution in [2.75, 3.05) is 26.3 Å². The number of carbonyl (C=O) groups is 1. The number of amides is 1. The van der Waals surface area contributed by atoms with Gasteiger partial charge in [0.15, 0.2) is 0 Å². The lowest BCUT2D eigenvalue weighted by Crippen LogP contribution is -2.42. The van der Waals surface area contributed by atoms with E-state index in [1.807, 2.05) is 13.8 Å². The minimum absolute atomic E-state index is 0.00584. The second-order valence-corrected chi connectivity index (χ2v) is 3.26. The summed E-state index contributed by atoms with van der Waals surface area (Å²) in [7, 11) is 0. The first-order chi connectivity index (χ1) is 7.22. The van der Waals surface area contributed by atoms with Crippen LogP contribution in [-0.4, -0.2) is 38.3 Å². The van der Waals surface area contributed by atoms with Crippen LogP contribution in [0.1, 0.15) is 20.3 Å². The van der Waals surface area contributed by atoms with Crippen molar-refractivity contribution in [1.82, 2.24) is 10.6 Å². The van der Waals surface area contributed by atoms with Crippen LogP contribution in [0.3, 0.4) is 0 Å². The van der Waals surface area contributed by atoms with Crippen molar-refractivity contribution in [2.45, 2.75) is 26.3 Å². The Balaban J connectivity index is 3.42. The Morgan fingerprint density at radius 3 is 2.93 bits per heavy atom. The Kier molecular flexibility index (Phi) is 9.11. The number of rotatable bonds is 9. The molecule has 4 nitrogen and oxygen atoms in total. The van der Waals surface area contributed by atoms with Crippen LogP contribution >= 0.6 is 0 Å². The van der Waals surface area contributed by atoms with Crippen molar-refractivity contribution in [1.29, 1.82) is 0 Å². The number of hydrogen-bond donors (Lipinski definition) is 2. The number of nitrogens with one attached hydrogen (secondary N) is 2. The van der Waals surface area contributed by atoms with Gasteiger partial charge in [0.2, 0.25) is 5.91 Å². The van der Waals surface area contributed by atoms with Gasteiger partial charge >= 0.3 is 0 Å². The van der Waals surface area contributed by atoms with Gasteiger partial charge in [-0.05, 0) is 26.8 Å². The summed E-state index contributed by atoms with van der Waals surface area (Å²) in [6.45, 7) is 10.2. The molecule has 88 valence electrons. The normalized spacial score (nSPS) is 12.1. The van der Waals surface area contributed by atoms with E-state index in [2.05, 4.69) is 17.2 Å². The van der Waals surface area contributed by atoms with E-state index < -0.39 is 0 Å². The first-order valence-electron chi connectivity index (χ1n) is 5.42. The molecule has 1 amide bonds. The van der Waals surface area contributed by atoms with E-state index in [-0.39, 0.29) is 11.9 Å². The minimum Gasteiger partial charge on any atom is -0.382 e. The molecule has 0 radical (unpaired) electrons. The topological polar surface area (TPSA) is 50.4 Å². The maximum atomic E-state index is 11.4. The lowest BCUT2D eigenvalue weighted by molar-refractivity contribution is -0.122. The van der Waals surface area contributed by atoms with Crippen LogP contribution in [0.5, 0.6) is 0 Å². The zero-order valence-corrected chi connectivity index (χ0v) is 9.71. The summed E-state index contributed by atoms with van der Waals surface area (Å²) in [5, 5.41) is 5.86. The van der Waals surface area contributed by atoms with Gasteiger partial charge in [0.1, 0.15) is 0 Å². The van der Waals surface area contributed by atoms with Gasteiger partial charge in [-0.25, -0.2) is 0 Å². The fourth-order valence-corrected chi connectivity index (χ4v) is 1.06. The van der Waals surface area contributed by atoms with E-state index in [0.29, 0.717) is 6.54 Å². The third kappa shape index (κ3) is 8.15. The second kappa shape index (κ2) is 9.68. The van der Waals surface area contributed by atoms with Gasteiger partial charge in [0.05, 0.1) is 6.04 Å². The van der Waals surface area contributed by atoms with Crippen LogP contribution in [0.4, 0.5) is 0 Å². The molecule has 0 aliphatic heterocycles. The lowest BCUT2D eigenvalue weighted by Gasteiger charge is -2.12. The van der Waals surface area contributed by atoms with Gasteiger partial charge < -0.3 is 15.4 Å². The van der Waals surface area contributed by atoms with Gasteiger partial charge in [-0.2, -0.15) is 0 Å². The molecule has 0 aromatic rings. The highest BCUT2D eigenvalue weighted by molar-refractivity contribution is 5.81. The summed E-state index contributed by atoms with van der Waals surface area (Å²) >= 11 is 0. The van der Waals surface area contributed by atoms with Crippen molar-refractivity contribution in [3.63, 3.8) is 0 Å². The van der Waals surface area contributed by atoms with E-state index in [0.717, 1.165) is 26.2 Å². The lowest BCUT2D eigenvalue weighted by atomic mass is 10.3. The number of hydrogen-bond acceptors (Lipinski definition) is 3. The molecular formula is C11H22N2O2. The average Bonchev–Trinajstić information content (AvgIpc) is 2.25. The predicted molar refractivity (Wildman–Crippen MR) is 61.8 cm³/mol. The minimum atomic E-state index is -0.161. The molecule has 0 heterocycles. The smallest absolute Gasteiger partial charge is 0.237 e. The molecule has 4 heteroatoms. The molecule has 0 bridgehead atoms. The first-order valence-corrected chi connectivity index (χ1v) is 5.42. The summed E-state index contributed by atoms with van der Waals surface area (Å²) in [4.78, 5) is 11.4. The Morgan fingerprint density at radius 1 is 1.60 bits per heavy atom. The number of ether oxygens (including phenoxy) is 1. The first kappa shape index (κ1) is 14.1. The largest absolute Gasteiger partial charge is 0.382 e. The van der Waals surface area contributed by atoms with Gasteiger partial charge in [0, 0.05) is 19.8 Å². The quantitative estimate of drug-likeness (QED) is 0.438. The Bertz CT molecular complexity index is 183. The molecule has 15 heavy (non-hydrogen) atoms. The van der Waals surface area contributed by atoms with Gasteiger partial charge in [-0.15, -0.1) is 6.58 Å². The van der Waals surface area contributed by atoms with Crippen molar-refractivity contribution in [3.05, 3.63) is 12.7 Å². The Morgan fingerprint density at radius 2 is 2.33 bits per heavy atom. The highest BCUT2D eigenvalue weighted by atomic mass is 16.5. The molecule has 2 N–H and O–H groups in total. The van der Waals surface area contributed by atoms with Crippen LogP contribution in [0.15, 0.2) is 12.7 Å². The predicted octanol–water partition coefficient (Wildman–Crippen LogP) is 0.693. The van der Waals surface area contributed by atoms with E-state index in [4.69, 9.17) is 4.74 Å². The van der Waals surface area contributed by atoms with Crippen LogP contribution < -0.4 is 10.6 Å². The molecule has 0 aliphatic rings. The molecule has 0 rings (SSSR count). The molecule has 0 saturated heterocycles. The van der Waals surface area contributed by atoms with Crippen molar-refractivity contribution in [2.24, 2.45) is 0 Å². The summed E-state index contributed by atoms with van der Waals surface area (Å²) in [5.74, 6) is 0.00584. The summed E-state index contributed by atoms with van der Waals surface area (Å²) in [6, 6.07) is -0.161. The molecule has 0 saturated carbocycles. The van der Waals surface area contributed by atoms with Crippen molar-refractivity contribution >= 4 is 5.91 Å². The van der Waals surface area contributed by atoms with Crippen molar-refractivity contribution in [3.8, 4) is 0 Å². The van der Waals surface area contributed by atoms with E-state index >= 15 is 0 Å². The highest BCUT2D eigenvalue weighted by Crippen LogP contribution is 1.85. The van der Waals surface area contributed by atoms with Crippen LogP contribution in [-0.2, 0) is 9.53 Å². The Labute approximate surface area is 92.1 Å². The van der Waals surface area contributed by atoms with E-state index in [9.17, 15) is 4.79 Å². The van der Waals surface area contributed by atoms with Crippen LogP contribution in [0.25, 0.3) is 0 Å². The van der Waals surface area contributed by atoms with Gasteiger partial charge in [0.25, 0.3) is 0 Å². The molecule has 1 atom stereocenters.